The Morgan fingerprint density at radius 3 is 2.05 bits per heavy atom. The number of hydrogen-bond acceptors (Lipinski definition) is 8. The second-order valence-electron chi connectivity index (χ2n) is 17.6. The van der Waals surface area contributed by atoms with Crippen molar-refractivity contribution in [2.45, 2.75) is 69.2 Å². The second-order valence-corrected chi connectivity index (χ2v) is 17.6. The van der Waals surface area contributed by atoms with Crippen molar-refractivity contribution in [3.63, 3.8) is 0 Å². The average Bonchev–Trinajstić information content (AvgIpc) is 3.34. The van der Waals surface area contributed by atoms with E-state index in [0.29, 0.717) is 55.3 Å². The number of piperidine rings is 2. The summed E-state index contributed by atoms with van der Waals surface area (Å²) in [4.78, 5) is 72.2. The lowest BCUT2D eigenvalue weighted by Crippen LogP contribution is -2.63. The smallest absolute Gasteiger partial charge is 0.262 e. The third-order valence-electron chi connectivity index (χ3n) is 14.2. The first-order valence-corrected chi connectivity index (χ1v) is 21.2. The number of nitrogens with zero attached hydrogens (tertiary/aromatic N) is 4. The molecule has 10 rings (SSSR count). The van der Waals surface area contributed by atoms with Gasteiger partial charge in [0, 0.05) is 62.7 Å². The summed E-state index contributed by atoms with van der Waals surface area (Å²) < 4.78 is 0. The van der Waals surface area contributed by atoms with Crippen molar-refractivity contribution in [2.24, 2.45) is 5.41 Å². The monoisotopic (exact) mass is 791 g/mol. The summed E-state index contributed by atoms with van der Waals surface area (Å²) in [5, 5.41) is 12.5. The quantitative estimate of drug-likeness (QED) is 0.256. The summed E-state index contributed by atoms with van der Waals surface area (Å²) in [6.45, 7) is 5.21. The van der Waals surface area contributed by atoms with Crippen LogP contribution in [0, 0.1) is 5.41 Å². The molecule has 6 aliphatic rings. The fraction of sp³-hybridized carbons (Fsp3) is 0.396. The van der Waals surface area contributed by atoms with Crippen LogP contribution in [-0.4, -0.2) is 101 Å². The highest BCUT2D eigenvalue weighted by atomic mass is 16.3. The van der Waals surface area contributed by atoms with Gasteiger partial charge in [-0.15, -0.1) is 0 Å². The Labute approximate surface area is 344 Å². The number of phenolic OH excluding ortho intramolecular Hbond substituents is 1. The Balaban J connectivity index is 0.730. The van der Waals surface area contributed by atoms with Gasteiger partial charge >= 0.3 is 0 Å². The molecule has 11 nitrogen and oxygen atoms in total. The molecule has 302 valence electrons. The highest BCUT2D eigenvalue weighted by molar-refractivity contribution is 6.23. The number of aryl methyl sites for hydroxylation is 1. The number of benzene rings is 4. The molecule has 0 saturated carbocycles. The Morgan fingerprint density at radius 1 is 0.712 bits per heavy atom. The third kappa shape index (κ3) is 6.79. The minimum Gasteiger partial charge on any atom is -0.508 e. The number of hydrogen-bond donors (Lipinski definition) is 2. The first-order chi connectivity index (χ1) is 28.6. The predicted molar refractivity (Wildman–Crippen MR) is 221 cm³/mol. The zero-order valence-electron chi connectivity index (χ0n) is 33.2. The minimum absolute atomic E-state index is 0.0869. The van der Waals surface area contributed by atoms with Gasteiger partial charge in [0.25, 0.3) is 11.8 Å². The minimum atomic E-state index is -0.981. The number of phenols is 1. The number of carbonyl (C=O) groups excluding carboxylic acids is 5. The van der Waals surface area contributed by atoms with Crippen LogP contribution in [0.3, 0.4) is 0 Å². The molecular weight excluding hydrogens is 743 g/mol. The molecule has 3 atom stereocenters. The van der Waals surface area contributed by atoms with Gasteiger partial charge in [0.2, 0.25) is 17.7 Å². The summed E-state index contributed by atoms with van der Waals surface area (Å²) in [7, 11) is 0. The van der Waals surface area contributed by atoms with E-state index in [-0.39, 0.29) is 30.1 Å². The largest absolute Gasteiger partial charge is 0.508 e. The van der Waals surface area contributed by atoms with Gasteiger partial charge in [-0.2, -0.15) is 0 Å². The lowest BCUT2D eigenvalue weighted by molar-refractivity contribution is -0.146. The number of fused-ring (bicyclic) bond motifs is 3. The predicted octanol–water partition coefficient (Wildman–Crippen LogP) is 5.18. The van der Waals surface area contributed by atoms with E-state index in [9.17, 15) is 29.1 Å². The fourth-order valence-electron chi connectivity index (χ4n) is 10.9. The van der Waals surface area contributed by atoms with Crippen molar-refractivity contribution in [1.82, 2.24) is 20.0 Å². The van der Waals surface area contributed by atoms with Crippen LogP contribution in [0.15, 0.2) is 84.9 Å². The lowest BCUT2D eigenvalue weighted by atomic mass is 9.69. The van der Waals surface area contributed by atoms with E-state index in [1.165, 1.54) is 27.9 Å². The molecule has 4 aromatic rings. The van der Waals surface area contributed by atoms with Gasteiger partial charge in [-0.1, -0.05) is 48.5 Å². The molecular formula is C48H49N5O6. The number of nitrogens with one attached hydrogen (secondary N) is 1. The molecule has 5 amide bonds. The molecule has 1 spiro atoms. The van der Waals surface area contributed by atoms with Crippen LogP contribution in [0.4, 0.5) is 5.69 Å². The normalized spacial score (nSPS) is 23.9. The maximum atomic E-state index is 13.6. The van der Waals surface area contributed by atoms with Gasteiger partial charge in [-0.25, -0.2) is 0 Å². The number of carbonyl (C=O) groups is 5. The summed E-state index contributed by atoms with van der Waals surface area (Å²) in [6, 6.07) is 28.5. The summed E-state index contributed by atoms with van der Waals surface area (Å²) >= 11 is 0. The van der Waals surface area contributed by atoms with Crippen LogP contribution < -0.4 is 10.2 Å². The zero-order valence-corrected chi connectivity index (χ0v) is 33.2. The first-order valence-electron chi connectivity index (χ1n) is 21.2. The van der Waals surface area contributed by atoms with E-state index in [2.05, 4.69) is 75.8 Å². The molecule has 2 N–H and O–H groups in total. The number of rotatable bonds is 6. The van der Waals surface area contributed by atoms with Crippen molar-refractivity contribution in [3.05, 3.63) is 129 Å². The van der Waals surface area contributed by atoms with Gasteiger partial charge < -0.3 is 14.9 Å². The summed E-state index contributed by atoms with van der Waals surface area (Å²) in [5.41, 5.74) is 9.21. The molecule has 0 radical (unpaired) electrons. The first kappa shape index (κ1) is 37.5. The van der Waals surface area contributed by atoms with E-state index in [4.69, 9.17) is 0 Å². The van der Waals surface area contributed by atoms with Crippen LogP contribution in [0.1, 0.15) is 98.0 Å². The molecule has 0 bridgehead atoms. The van der Waals surface area contributed by atoms with Crippen molar-refractivity contribution >= 4 is 35.2 Å². The Kier molecular flexibility index (Phi) is 9.38. The number of anilines is 1. The molecule has 3 fully saturated rings. The molecule has 11 heteroatoms. The Hall–Kier alpha value is -5.81. The van der Waals surface area contributed by atoms with E-state index in [1.54, 1.807) is 12.1 Å². The van der Waals surface area contributed by atoms with Crippen LogP contribution in [-0.2, 0) is 33.6 Å². The van der Waals surface area contributed by atoms with E-state index in [1.807, 2.05) is 17.0 Å². The van der Waals surface area contributed by atoms with Crippen LogP contribution >= 0.6 is 0 Å². The molecule has 0 aromatic heterocycles. The Morgan fingerprint density at radius 2 is 1.39 bits per heavy atom. The highest BCUT2D eigenvalue weighted by Gasteiger charge is 2.48. The number of aromatic hydroxyl groups is 1. The molecule has 4 aromatic carbocycles. The van der Waals surface area contributed by atoms with Crippen LogP contribution in [0.25, 0.3) is 0 Å². The van der Waals surface area contributed by atoms with Gasteiger partial charge in [0.1, 0.15) is 11.8 Å². The van der Waals surface area contributed by atoms with Gasteiger partial charge in [-0.05, 0) is 121 Å². The topological polar surface area (TPSA) is 131 Å². The zero-order chi connectivity index (χ0) is 40.4. The molecule has 5 aliphatic heterocycles. The van der Waals surface area contributed by atoms with Gasteiger partial charge in [0.05, 0.1) is 17.7 Å². The lowest BCUT2D eigenvalue weighted by Gasteiger charge is -2.54. The number of imide groups is 2. The third-order valence-corrected chi connectivity index (χ3v) is 14.2. The second kappa shape index (κ2) is 14.8. The molecule has 1 unspecified atom stereocenters. The molecule has 3 saturated heterocycles. The van der Waals surface area contributed by atoms with E-state index in [0.717, 1.165) is 67.9 Å². The van der Waals surface area contributed by atoms with Gasteiger partial charge in [-0.3, -0.25) is 39.1 Å². The van der Waals surface area contributed by atoms with Crippen LogP contribution in [0.5, 0.6) is 5.75 Å². The fourth-order valence-corrected chi connectivity index (χ4v) is 10.9. The van der Waals surface area contributed by atoms with Crippen molar-refractivity contribution in [1.29, 1.82) is 0 Å². The maximum absolute atomic E-state index is 13.6. The highest BCUT2D eigenvalue weighted by Crippen LogP contribution is 2.48. The molecule has 5 heterocycles. The summed E-state index contributed by atoms with van der Waals surface area (Å²) in [6.07, 6.45) is 5.63. The van der Waals surface area contributed by atoms with E-state index < -0.39 is 29.7 Å². The van der Waals surface area contributed by atoms with E-state index >= 15 is 0 Å². The number of likely N-dealkylation sites (tertiary alicyclic amines) is 1. The maximum Gasteiger partial charge on any atom is 0.262 e. The summed E-state index contributed by atoms with van der Waals surface area (Å²) in [5.74, 6) is -0.910. The van der Waals surface area contributed by atoms with Crippen LogP contribution in [0.2, 0.25) is 0 Å². The van der Waals surface area contributed by atoms with Crippen molar-refractivity contribution in [3.8, 4) is 5.75 Å². The Bertz CT molecular complexity index is 2320. The van der Waals surface area contributed by atoms with Gasteiger partial charge in [0.15, 0.2) is 0 Å². The number of amides is 5. The molecule has 1 aliphatic carbocycles. The molecule has 59 heavy (non-hydrogen) atoms. The van der Waals surface area contributed by atoms with Crippen molar-refractivity contribution < 1.29 is 29.1 Å². The standard InChI is InChI=1S/C48H49N5O6/c54-36-11-13-38-34(24-36)8-12-37(30-4-2-1-3-5-30)44(38)31-6-9-35(10-7-31)51-22-18-48(19-23-51)28-52(29-48)43(56)27-50-20-16-32-25-39-40(26-33(32)17-21-50)47(59)53(46(39)58)41-14-15-42(55)49-45(41)57/h1-7,9-11,13,24-26,37,41,44,54H,8,12,14-23,27-29H2,(H,49,55,57)/t37-,41?,44+/m1/s1. The van der Waals surface area contributed by atoms with Crippen molar-refractivity contribution in [2.75, 3.05) is 50.7 Å². The average molecular weight is 792 g/mol. The SMILES string of the molecule is O=C1CCC(N2C(=O)c3cc4c(cc3C2=O)CCN(CC(=O)N2CC3(CCN(c5ccc([C@@H]6c7ccc(O)cc7CC[C@@H]6c6ccccc6)cc5)CC3)C2)CC4)C(=O)N1.